The van der Waals surface area contributed by atoms with Crippen LogP contribution in [0.1, 0.15) is 55.9 Å². The van der Waals surface area contributed by atoms with Crippen LogP contribution in [0.25, 0.3) is 11.1 Å². The fraction of sp³-hybridized carbons (Fsp3) is 0.355. The van der Waals surface area contributed by atoms with E-state index in [9.17, 15) is 4.79 Å². The van der Waals surface area contributed by atoms with E-state index in [4.69, 9.17) is 10.1 Å². The summed E-state index contributed by atoms with van der Waals surface area (Å²) < 4.78 is 5.53. The molecule has 1 aliphatic carbocycles. The predicted molar refractivity (Wildman–Crippen MR) is 155 cm³/mol. The highest BCUT2D eigenvalue weighted by Gasteiger charge is 2.28. The van der Waals surface area contributed by atoms with Crippen molar-refractivity contribution >= 4 is 35.3 Å². The van der Waals surface area contributed by atoms with Gasteiger partial charge in [0.05, 0.1) is 5.71 Å². The van der Waals surface area contributed by atoms with Gasteiger partial charge in [-0.25, -0.2) is 4.79 Å². The van der Waals surface area contributed by atoms with Crippen molar-refractivity contribution in [1.82, 2.24) is 4.90 Å². The Balaban J connectivity index is 1.25. The smallest absolute Gasteiger partial charge is 0.410 e. The van der Waals surface area contributed by atoms with Crippen molar-refractivity contribution in [3.63, 3.8) is 0 Å². The third kappa shape index (κ3) is 5.91. The van der Waals surface area contributed by atoms with Gasteiger partial charge in [0.15, 0.2) is 0 Å². The predicted octanol–water partition coefficient (Wildman–Crippen LogP) is 8.34. The third-order valence-corrected chi connectivity index (χ3v) is 8.93. The Kier molecular flexibility index (Phi) is 7.16. The SMILES string of the molecule is Cc1cc(C)cc(Sc2ccc3c(c2)C(=N)c2cc(SC4CCN(C(=O)OC(C)(C)C)CC4)ccc2-3)c1. The minimum absolute atomic E-state index is 0.213. The Morgan fingerprint density at radius 3 is 2.00 bits per heavy atom. The number of likely N-dealkylation sites (tertiary alicyclic amines) is 1. The van der Waals surface area contributed by atoms with Crippen LogP contribution in [0.15, 0.2) is 69.3 Å². The fourth-order valence-electron chi connectivity index (χ4n) is 5.02. The van der Waals surface area contributed by atoms with Crippen molar-refractivity contribution in [2.75, 3.05) is 13.1 Å². The number of piperidine rings is 1. The van der Waals surface area contributed by atoms with E-state index >= 15 is 0 Å². The van der Waals surface area contributed by atoms with Gasteiger partial charge in [0.2, 0.25) is 0 Å². The number of nitrogens with zero attached hydrogens (tertiary/aromatic N) is 1. The number of fused-ring (bicyclic) bond motifs is 3. The molecule has 3 aromatic rings. The zero-order valence-corrected chi connectivity index (χ0v) is 23.8. The minimum Gasteiger partial charge on any atom is -0.444 e. The highest BCUT2D eigenvalue weighted by Crippen LogP contribution is 2.42. The molecule has 0 radical (unpaired) electrons. The minimum atomic E-state index is -0.464. The number of benzene rings is 3. The van der Waals surface area contributed by atoms with Crippen LogP contribution in [0.2, 0.25) is 0 Å². The Morgan fingerprint density at radius 1 is 0.838 bits per heavy atom. The first kappa shape index (κ1) is 25.9. The van der Waals surface area contributed by atoms with Crippen LogP contribution in [0.3, 0.4) is 0 Å². The number of hydrogen-bond acceptors (Lipinski definition) is 5. The molecule has 0 spiro atoms. The van der Waals surface area contributed by atoms with E-state index in [2.05, 4.69) is 68.4 Å². The van der Waals surface area contributed by atoms with E-state index in [-0.39, 0.29) is 6.09 Å². The summed E-state index contributed by atoms with van der Waals surface area (Å²) in [5.74, 6) is 0. The van der Waals surface area contributed by atoms with Crippen LogP contribution >= 0.6 is 23.5 Å². The molecule has 2 aliphatic rings. The summed E-state index contributed by atoms with van der Waals surface area (Å²) in [6.07, 6.45) is 1.67. The second-order valence-electron chi connectivity index (χ2n) is 11.0. The van der Waals surface area contributed by atoms with E-state index in [1.165, 1.54) is 20.9 Å². The van der Waals surface area contributed by atoms with Crippen molar-refractivity contribution in [3.05, 3.63) is 76.9 Å². The number of thioether (sulfide) groups is 1. The molecular weight excluding hydrogens is 496 g/mol. The summed E-state index contributed by atoms with van der Waals surface area (Å²) in [6, 6.07) is 19.7. The van der Waals surface area contributed by atoms with Gasteiger partial charge in [-0.3, -0.25) is 5.41 Å². The lowest BCUT2D eigenvalue weighted by molar-refractivity contribution is 0.0219. The normalized spacial score (nSPS) is 15.5. The van der Waals surface area contributed by atoms with Gasteiger partial charge in [0, 0.05) is 44.2 Å². The standard InChI is InChI=1S/C31H34N2O2S2/c1-19-14-20(2)16-24(15-19)37-23-7-9-26-25-8-6-22(17-27(25)29(32)28(26)18-23)36-21-10-12-33(13-11-21)30(34)35-31(3,4)5/h6-9,14-18,21,32H,10-13H2,1-5H3. The van der Waals surface area contributed by atoms with Gasteiger partial charge >= 0.3 is 6.09 Å². The van der Waals surface area contributed by atoms with Gasteiger partial charge in [-0.2, -0.15) is 0 Å². The number of nitrogens with one attached hydrogen (secondary N) is 1. The van der Waals surface area contributed by atoms with Crippen molar-refractivity contribution < 1.29 is 9.53 Å². The molecule has 4 nitrogen and oxygen atoms in total. The summed E-state index contributed by atoms with van der Waals surface area (Å²) in [7, 11) is 0. The maximum absolute atomic E-state index is 12.4. The topological polar surface area (TPSA) is 53.4 Å². The molecule has 0 atom stereocenters. The summed E-state index contributed by atoms with van der Waals surface area (Å²) in [5, 5.41) is 9.40. The van der Waals surface area contributed by atoms with Gasteiger partial charge in [0.1, 0.15) is 5.60 Å². The van der Waals surface area contributed by atoms with Crippen LogP contribution in [-0.4, -0.2) is 40.6 Å². The molecule has 0 aromatic heterocycles. The number of hydrogen-bond donors (Lipinski definition) is 1. The summed E-state index contributed by atoms with van der Waals surface area (Å²) in [6.45, 7) is 11.4. The molecule has 1 amide bonds. The molecule has 1 heterocycles. The molecule has 5 rings (SSSR count). The van der Waals surface area contributed by atoms with Crippen LogP contribution < -0.4 is 0 Å². The highest BCUT2D eigenvalue weighted by molar-refractivity contribution is 8.00. The molecule has 6 heteroatoms. The molecule has 192 valence electrons. The number of rotatable bonds is 4. The second-order valence-corrected chi connectivity index (χ2v) is 13.5. The first-order valence-corrected chi connectivity index (χ1v) is 14.5. The zero-order valence-electron chi connectivity index (χ0n) is 22.2. The average Bonchev–Trinajstić information content (AvgIpc) is 3.09. The molecule has 37 heavy (non-hydrogen) atoms. The first-order valence-electron chi connectivity index (χ1n) is 12.8. The third-order valence-electron chi connectivity index (χ3n) is 6.64. The van der Waals surface area contributed by atoms with Crippen LogP contribution in [-0.2, 0) is 4.74 Å². The Bertz CT molecular complexity index is 1350. The molecule has 1 N–H and O–H groups in total. The summed E-state index contributed by atoms with van der Waals surface area (Å²) in [4.78, 5) is 17.8. The van der Waals surface area contributed by atoms with Gasteiger partial charge in [-0.05, 0) is 106 Å². The zero-order chi connectivity index (χ0) is 26.3. The number of carbonyl (C=O) groups excluding carboxylic acids is 1. The number of aryl methyl sites for hydroxylation is 2. The fourth-order valence-corrected chi connectivity index (χ4v) is 7.25. The van der Waals surface area contributed by atoms with Crippen LogP contribution in [0.4, 0.5) is 4.79 Å². The van der Waals surface area contributed by atoms with E-state index in [0.717, 1.165) is 53.1 Å². The second kappa shape index (κ2) is 10.2. The van der Waals surface area contributed by atoms with Crippen molar-refractivity contribution in [2.24, 2.45) is 0 Å². The molecule has 0 bridgehead atoms. The van der Waals surface area contributed by atoms with Gasteiger partial charge in [-0.15, -0.1) is 11.8 Å². The quantitative estimate of drug-likeness (QED) is 0.288. The van der Waals surface area contributed by atoms with Crippen molar-refractivity contribution in [1.29, 1.82) is 5.41 Å². The Labute approximate surface area is 228 Å². The average molecular weight is 531 g/mol. The lowest BCUT2D eigenvalue weighted by Crippen LogP contribution is -2.42. The van der Waals surface area contributed by atoms with E-state index < -0.39 is 5.60 Å². The largest absolute Gasteiger partial charge is 0.444 e. The lowest BCUT2D eigenvalue weighted by atomic mass is 10.1. The molecule has 0 saturated carbocycles. The molecule has 1 fully saturated rings. The van der Waals surface area contributed by atoms with Crippen molar-refractivity contribution in [2.45, 2.75) is 73.0 Å². The Hall–Kier alpha value is -2.70. The maximum Gasteiger partial charge on any atom is 0.410 e. The maximum atomic E-state index is 12.4. The molecule has 3 aromatic carbocycles. The summed E-state index contributed by atoms with van der Waals surface area (Å²) in [5.41, 5.74) is 6.99. The van der Waals surface area contributed by atoms with E-state index in [1.54, 1.807) is 11.8 Å². The van der Waals surface area contributed by atoms with Crippen molar-refractivity contribution in [3.8, 4) is 11.1 Å². The molecule has 1 saturated heterocycles. The molecule has 1 aliphatic heterocycles. The number of amides is 1. The molecular formula is C31H34N2O2S2. The van der Waals surface area contributed by atoms with Crippen LogP contribution in [0.5, 0.6) is 0 Å². The number of ether oxygens (including phenoxy) is 1. The number of carbonyl (C=O) groups is 1. The van der Waals surface area contributed by atoms with Gasteiger partial charge < -0.3 is 9.64 Å². The lowest BCUT2D eigenvalue weighted by Gasteiger charge is -2.33. The monoisotopic (exact) mass is 530 g/mol. The van der Waals surface area contributed by atoms with E-state index in [0.29, 0.717) is 11.0 Å². The van der Waals surface area contributed by atoms with E-state index in [1.807, 2.05) is 37.4 Å². The summed E-state index contributed by atoms with van der Waals surface area (Å²) >= 11 is 3.62. The Morgan fingerprint density at radius 2 is 1.41 bits per heavy atom. The van der Waals surface area contributed by atoms with Gasteiger partial charge in [-0.1, -0.05) is 30.0 Å². The highest BCUT2D eigenvalue weighted by atomic mass is 32.2. The molecule has 0 unspecified atom stereocenters. The first-order chi connectivity index (χ1) is 17.6. The van der Waals surface area contributed by atoms with Crippen LogP contribution in [0, 0.1) is 19.3 Å². The van der Waals surface area contributed by atoms with Gasteiger partial charge in [0.25, 0.3) is 0 Å².